The van der Waals surface area contributed by atoms with Crippen molar-refractivity contribution in [3.05, 3.63) is 12.2 Å². The molecule has 0 aromatic carbocycles. The van der Waals surface area contributed by atoms with Gasteiger partial charge in [-0.05, 0) is 49.9 Å². The van der Waals surface area contributed by atoms with E-state index in [4.69, 9.17) is 0 Å². The van der Waals surface area contributed by atoms with Gasteiger partial charge >= 0.3 is 0 Å². The Balaban J connectivity index is 2.28. The molecule has 6 atom stereocenters. The van der Waals surface area contributed by atoms with Gasteiger partial charge in [-0.25, -0.2) is 0 Å². The Morgan fingerprint density at radius 1 is 1.44 bits per heavy atom. The van der Waals surface area contributed by atoms with Gasteiger partial charge in [-0.15, -0.1) is 0 Å². The Labute approximate surface area is 109 Å². The third kappa shape index (κ3) is 1.94. The van der Waals surface area contributed by atoms with Crippen molar-refractivity contribution < 1.29 is 15.0 Å². The first kappa shape index (κ1) is 13.8. The summed E-state index contributed by atoms with van der Waals surface area (Å²) in [5.41, 5.74) is 1.04. The topological polar surface area (TPSA) is 57.5 Å². The number of aliphatic hydroxyl groups excluding tert-OH is 2. The molecule has 2 fully saturated rings. The molecule has 2 N–H and O–H groups in total. The van der Waals surface area contributed by atoms with Crippen LogP contribution in [-0.4, -0.2) is 28.7 Å². The zero-order chi connectivity index (χ0) is 13.5. The predicted octanol–water partition coefficient (Wildman–Crippen LogP) is 1.93. The zero-order valence-electron chi connectivity index (χ0n) is 11.3. The lowest BCUT2D eigenvalue weighted by Crippen LogP contribution is -2.52. The van der Waals surface area contributed by atoms with Crippen LogP contribution in [0.1, 0.15) is 39.5 Å². The van der Waals surface area contributed by atoms with Gasteiger partial charge < -0.3 is 15.0 Å². The summed E-state index contributed by atoms with van der Waals surface area (Å²) in [6.45, 7) is 8.04. The molecule has 0 aliphatic heterocycles. The van der Waals surface area contributed by atoms with Crippen LogP contribution < -0.4 is 0 Å². The molecule has 0 saturated heterocycles. The normalized spacial score (nSPS) is 48.3. The average Bonchev–Trinajstić information content (AvgIpc) is 2.78. The van der Waals surface area contributed by atoms with Crippen molar-refractivity contribution in [2.75, 3.05) is 0 Å². The molecule has 0 aromatic heterocycles. The molecule has 3 nitrogen and oxygen atoms in total. The van der Waals surface area contributed by atoms with Gasteiger partial charge in [0.1, 0.15) is 6.29 Å². The van der Waals surface area contributed by atoms with E-state index in [1.54, 1.807) is 0 Å². The minimum atomic E-state index is -0.760. The second kappa shape index (κ2) is 4.78. The van der Waals surface area contributed by atoms with Crippen LogP contribution in [0.3, 0.4) is 0 Å². The predicted molar refractivity (Wildman–Crippen MR) is 69.9 cm³/mol. The maximum absolute atomic E-state index is 11.4. The molecule has 3 heteroatoms. The van der Waals surface area contributed by atoms with E-state index in [0.717, 1.165) is 25.5 Å². The molecule has 0 amide bonds. The van der Waals surface area contributed by atoms with E-state index >= 15 is 0 Å². The van der Waals surface area contributed by atoms with Crippen molar-refractivity contribution in [3.63, 3.8) is 0 Å². The molecular weight excluding hydrogens is 228 g/mol. The number of aliphatic hydroxyl groups is 2. The zero-order valence-corrected chi connectivity index (χ0v) is 11.3. The highest BCUT2D eigenvalue weighted by Crippen LogP contribution is 2.57. The Kier molecular flexibility index (Phi) is 3.65. The van der Waals surface area contributed by atoms with Gasteiger partial charge in [-0.2, -0.15) is 0 Å². The quantitative estimate of drug-likeness (QED) is 0.583. The summed E-state index contributed by atoms with van der Waals surface area (Å²) in [7, 11) is 0. The molecule has 2 aliphatic carbocycles. The van der Waals surface area contributed by atoms with Crippen molar-refractivity contribution in [2.45, 2.75) is 51.7 Å². The van der Waals surface area contributed by atoms with E-state index in [0.29, 0.717) is 12.3 Å². The van der Waals surface area contributed by atoms with Crippen molar-refractivity contribution >= 4 is 6.29 Å². The molecule has 2 saturated carbocycles. The highest BCUT2D eigenvalue weighted by molar-refractivity contribution is 5.56. The first-order chi connectivity index (χ1) is 8.42. The average molecular weight is 252 g/mol. The minimum Gasteiger partial charge on any atom is -0.390 e. The SMILES string of the molecule is C=C(C)C1CCC2(C1)C(C=O)CC(O)C(O)C2C. The molecular formula is C15H24O3. The lowest BCUT2D eigenvalue weighted by atomic mass is 9.58. The maximum atomic E-state index is 11.4. The van der Waals surface area contributed by atoms with Crippen LogP contribution in [0, 0.1) is 23.2 Å². The van der Waals surface area contributed by atoms with Crippen LogP contribution in [0.15, 0.2) is 12.2 Å². The third-order valence-corrected chi connectivity index (χ3v) is 5.49. The van der Waals surface area contributed by atoms with Gasteiger partial charge in [0.05, 0.1) is 12.2 Å². The highest BCUT2D eigenvalue weighted by atomic mass is 16.3. The van der Waals surface area contributed by atoms with Crippen LogP contribution in [0.2, 0.25) is 0 Å². The highest BCUT2D eigenvalue weighted by Gasteiger charge is 2.55. The van der Waals surface area contributed by atoms with Gasteiger partial charge in [0.15, 0.2) is 0 Å². The Morgan fingerprint density at radius 2 is 2.11 bits per heavy atom. The van der Waals surface area contributed by atoms with Crippen molar-refractivity contribution in [1.82, 2.24) is 0 Å². The van der Waals surface area contributed by atoms with Crippen molar-refractivity contribution in [3.8, 4) is 0 Å². The lowest BCUT2D eigenvalue weighted by Gasteiger charge is -2.48. The van der Waals surface area contributed by atoms with Gasteiger partial charge in [0.25, 0.3) is 0 Å². The second-order valence-corrected chi connectivity index (χ2v) is 6.34. The standard InChI is InChI=1S/C15H24O3/c1-9(2)11-4-5-15(7-11)10(3)14(18)13(17)6-12(15)8-16/h8,10-14,17-18H,1,4-7H2,2-3H3. The first-order valence-electron chi connectivity index (χ1n) is 6.89. The fraction of sp³-hybridized carbons (Fsp3) is 0.800. The van der Waals surface area contributed by atoms with E-state index in [2.05, 4.69) is 6.58 Å². The molecule has 102 valence electrons. The fourth-order valence-corrected chi connectivity index (χ4v) is 4.11. The lowest BCUT2D eigenvalue weighted by molar-refractivity contribution is -0.142. The summed E-state index contributed by atoms with van der Waals surface area (Å²) < 4.78 is 0. The van der Waals surface area contributed by atoms with Gasteiger partial charge in [-0.1, -0.05) is 19.1 Å². The largest absolute Gasteiger partial charge is 0.390 e. The molecule has 1 spiro atoms. The Hall–Kier alpha value is -0.670. The van der Waals surface area contributed by atoms with E-state index in [1.165, 1.54) is 5.57 Å². The molecule has 0 aromatic rings. The van der Waals surface area contributed by atoms with Crippen LogP contribution in [0.5, 0.6) is 0 Å². The number of allylic oxidation sites excluding steroid dienone is 1. The Morgan fingerprint density at radius 3 is 2.61 bits per heavy atom. The summed E-state index contributed by atoms with van der Waals surface area (Å²) in [6.07, 6.45) is 2.86. The number of rotatable bonds is 2. The number of aldehydes is 1. The second-order valence-electron chi connectivity index (χ2n) is 6.34. The maximum Gasteiger partial charge on any atom is 0.123 e. The summed E-state index contributed by atoms with van der Waals surface area (Å²) >= 11 is 0. The Bertz CT molecular complexity index is 352. The number of hydrogen-bond acceptors (Lipinski definition) is 3. The number of hydrogen-bond donors (Lipinski definition) is 2. The molecule has 0 heterocycles. The van der Waals surface area contributed by atoms with E-state index in [1.807, 2.05) is 13.8 Å². The minimum absolute atomic E-state index is 0.0270. The third-order valence-electron chi connectivity index (χ3n) is 5.49. The fourth-order valence-electron chi connectivity index (χ4n) is 4.11. The molecule has 18 heavy (non-hydrogen) atoms. The molecule has 6 unspecified atom stereocenters. The summed E-state index contributed by atoms with van der Waals surface area (Å²) in [6, 6.07) is 0. The smallest absolute Gasteiger partial charge is 0.123 e. The number of carbonyl (C=O) groups excluding carboxylic acids is 1. The summed E-state index contributed by atoms with van der Waals surface area (Å²) in [5, 5.41) is 20.0. The van der Waals surface area contributed by atoms with Crippen molar-refractivity contribution in [2.24, 2.45) is 23.2 Å². The molecule has 2 aliphatic rings. The van der Waals surface area contributed by atoms with Crippen LogP contribution >= 0.6 is 0 Å². The molecule has 0 bridgehead atoms. The van der Waals surface area contributed by atoms with E-state index < -0.39 is 12.2 Å². The summed E-state index contributed by atoms with van der Waals surface area (Å²) in [5.74, 6) is 0.299. The summed E-state index contributed by atoms with van der Waals surface area (Å²) in [4.78, 5) is 11.4. The van der Waals surface area contributed by atoms with Gasteiger partial charge in [0.2, 0.25) is 0 Å². The van der Waals surface area contributed by atoms with Crippen LogP contribution in [0.25, 0.3) is 0 Å². The number of carbonyl (C=O) groups is 1. The van der Waals surface area contributed by atoms with Gasteiger partial charge in [-0.3, -0.25) is 0 Å². The molecule has 0 radical (unpaired) electrons. The van der Waals surface area contributed by atoms with Crippen LogP contribution in [0.4, 0.5) is 0 Å². The van der Waals surface area contributed by atoms with E-state index in [-0.39, 0.29) is 17.3 Å². The van der Waals surface area contributed by atoms with Crippen LogP contribution in [-0.2, 0) is 4.79 Å². The van der Waals surface area contributed by atoms with Crippen molar-refractivity contribution in [1.29, 1.82) is 0 Å². The monoisotopic (exact) mass is 252 g/mol. The van der Waals surface area contributed by atoms with Gasteiger partial charge in [0, 0.05) is 5.92 Å². The first-order valence-corrected chi connectivity index (χ1v) is 6.89. The molecule has 2 rings (SSSR count). The van der Waals surface area contributed by atoms with E-state index in [9.17, 15) is 15.0 Å².